The first-order valence-corrected chi connectivity index (χ1v) is 12.2. The van der Waals surface area contributed by atoms with Crippen LogP contribution in [0.5, 0.6) is 0 Å². The number of benzene rings is 2. The number of amides is 2. The smallest absolute Gasteiger partial charge is 0.386 e. The normalized spacial score (nSPS) is 19.9. The number of Topliss-reactive ketones (excluding diaryl/α,β-unsaturated/α-hetero) is 1. The third-order valence-corrected chi connectivity index (χ3v) is 7.23. The lowest BCUT2D eigenvalue weighted by atomic mass is 9.82. The zero-order valence-corrected chi connectivity index (χ0v) is 21.7. The van der Waals surface area contributed by atoms with Gasteiger partial charge in [-0.1, -0.05) is 6.07 Å². The minimum absolute atomic E-state index is 0.0231. The molecule has 0 bridgehead atoms. The minimum atomic E-state index is -5.04. The number of aliphatic hydroxyl groups is 1. The van der Waals surface area contributed by atoms with Crippen LogP contribution in [-0.4, -0.2) is 46.4 Å². The number of urea groups is 1. The van der Waals surface area contributed by atoms with Gasteiger partial charge in [0, 0.05) is 19.5 Å². The fourth-order valence-corrected chi connectivity index (χ4v) is 4.91. The van der Waals surface area contributed by atoms with Crippen LogP contribution < -0.4 is 0 Å². The van der Waals surface area contributed by atoms with Gasteiger partial charge in [0.2, 0.25) is 0 Å². The molecule has 0 spiro atoms. The molecule has 2 aromatic rings. The molecule has 0 radical (unpaired) electrons. The summed E-state index contributed by atoms with van der Waals surface area (Å²) in [6, 6.07) is 2.48. The van der Waals surface area contributed by atoms with Crippen LogP contribution in [0.3, 0.4) is 0 Å². The van der Waals surface area contributed by atoms with E-state index in [0.717, 1.165) is 4.90 Å². The summed E-state index contributed by atoms with van der Waals surface area (Å²) in [6.07, 6.45) is -11.0. The molecule has 1 fully saturated rings. The number of carbonyl (C=O) groups is 2. The molecule has 3 rings (SSSR count). The summed E-state index contributed by atoms with van der Waals surface area (Å²) in [7, 11) is 1.27. The van der Waals surface area contributed by atoms with Gasteiger partial charge in [-0.3, -0.25) is 4.79 Å². The molecule has 0 aromatic heterocycles. The Morgan fingerprint density at radius 1 is 1.00 bits per heavy atom. The molecule has 2 amide bonds. The van der Waals surface area contributed by atoms with Crippen LogP contribution in [0.15, 0.2) is 36.4 Å². The number of aryl methyl sites for hydroxylation is 1. The number of halogens is 7. The summed E-state index contributed by atoms with van der Waals surface area (Å²) in [6.45, 7) is 4.29. The number of hydrogen-bond donors (Lipinski definition) is 1. The molecule has 1 unspecified atom stereocenters. The number of nitrogens with zero attached hydrogens (tertiary/aromatic N) is 2. The van der Waals surface area contributed by atoms with Gasteiger partial charge in [0.05, 0.1) is 23.2 Å². The van der Waals surface area contributed by atoms with Crippen molar-refractivity contribution in [3.05, 3.63) is 70.0 Å². The Bertz CT molecular complexity index is 1190. The Hall–Kier alpha value is -3.15. The summed E-state index contributed by atoms with van der Waals surface area (Å²) in [5.41, 5.74) is -2.31. The lowest BCUT2D eigenvalue weighted by Crippen LogP contribution is -2.49. The highest BCUT2D eigenvalue weighted by Gasteiger charge is 2.40. The van der Waals surface area contributed by atoms with E-state index in [4.69, 9.17) is 0 Å². The van der Waals surface area contributed by atoms with Crippen molar-refractivity contribution < 1.29 is 45.4 Å². The van der Waals surface area contributed by atoms with E-state index in [0.29, 0.717) is 23.3 Å². The Balaban J connectivity index is 1.99. The number of alkyl halides is 6. The molecule has 1 saturated heterocycles. The van der Waals surface area contributed by atoms with Crippen LogP contribution in [-0.2, 0) is 17.1 Å². The highest BCUT2D eigenvalue weighted by Crippen LogP contribution is 2.40. The Kier molecular flexibility index (Phi) is 8.69. The van der Waals surface area contributed by atoms with E-state index in [-0.39, 0.29) is 31.0 Å². The average Bonchev–Trinajstić information content (AvgIpc) is 2.85. The number of rotatable bonds is 5. The summed E-state index contributed by atoms with van der Waals surface area (Å²) >= 11 is 0. The molecule has 1 aliphatic heterocycles. The lowest BCUT2D eigenvalue weighted by Gasteiger charge is -2.43. The largest absolute Gasteiger partial charge is 0.416 e. The van der Waals surface area contributed by atoms with Crippen molar-refractivity contribution in [3.63, 3.8) is 0 Å². The van der Waals surface area contributed by atoms with Crippen LogP contribution in [0.4, 0.5) is 35.5 Å². The Morgan fingerprint density at radius 2 is 1.56 bits per heavy atom. The van der Waals surface area contributed by atoms with Crippen molar-refractivity contribution in [2.45, 2.75) is 64.2 Å². The van der Waals surface area contributed by atoms with E-state index < -0.39 is 65.2 Å². The fraction of sp³-hybridized carbons (Fsp3) is 0.481. The number of ketones is 1. The third-order valence-electron chi connectivity index (χ3n) is 7.23. The van der Waals surface area contributed by atoms with Gasteiger partial charge in [0.15, 0.2) is 5.78 Å². The second-order valence-electron chi connectivity index (χ2n) is 9.92. The highest BCUT2D eigenvalue weighted by molar-refractivity contribution is 5.85. The minimum Gasteiger partial charge on any atom is -0.386 e. The maximum absolute atomic E-state index is 13.8. The number of hydrogen-bond acceptors (Lipinski definition) is 3. The van der Waals surface area contributed by atoms with Crippen LogP contribution in [0.1, 0.15) is 66.6 Å². The highest BCUT2D eigenvalue weighted by atomic mass is 19.4. The van der Waals surface area contributed by atoms with Crippen molar-refractivity contribution in [1.29, 1.82) is 0 Å². The van der Waals surface area contributed by atoms with Gasteiger partial charge in [-0.2, -0.15) is 26.3 Å². The summed E-state index contributed by atoms with van der Waals surface area (Å²) in [5.74, 6) is -1.54. The standard InChI is InChI=1S/C27H29F7N2O3/c1-14-9-21(28)5-6-22(14)23-12-17(24(38)16(3)37)7-8-36(23)25(39)35(4)15(2)18-10-19(26(29,30)31)13-20(11-18)27(32,33)34/h5-6,9-11,13,15-17,23,37H,7-8,12H2,1-4H3/t15-,16?,17+,23+/m0/s1. The van der Waals surface area contributed by atoms with Crippen molar-refractivity contribution >= 4 is 11.8 Å². The molecule has 4 atom stereocenters. The lowest BCUT2D eigenvalue weighted by molar-refractivity contribution is -0.143. The van der Waals surface area contributed by atoms with E-state index >= 15 is 0 Å². The van der Waals surface area contributed by atoms with E-state index in [1.165, 1.54) is 44.0 Å². The summed E-state index contributed by atoms with van der Waals surface area (Å²) in [4.78, 5) is 28.6. The first-order valence-electron chi connectivity index (χ1n) is 12.2. The van der Waals surface area contributed by atoms with Crippen LogP contribution in [0, 0.1) is 18.7 Å². The third kappa shape index (κ3) is 6.71. The first kappa shape index (κ1) is 30.4. The molecule has 2 aromatic carbocycles. The molecule has 0 saturated carbocycles. The van der Waals surface area contributed by atoms with Gasteiger partial charge in [0.1, 0.15) is 11.9 Å². The molecule has 1 aliphatic rings. The average molecular weight is 563 g/mol. The first-order chi connectivity index (χ1) is 17.9. The van der Waals surface area contributed by atoms with Crippen LogP contribution in [0.25, 0.3) is 0 Å². The molecular weight excluding hydrogens is 533 g/mol. The number of carbonyl (C=O) groups excluding carboxylic acids is 2. The predicted molar refractivity (Wildman–Crippen MR) is 128 cm³/mol. The fourth-order valence-electron chi connectivity index (χ4n) is 4.91. The Labute approximate surface area is 221 Å². The SMILES string of the molecule is Cc1cc(F)ccc1[C@H]1C[C@H](C(=O)C(C)O)CCN1C(=O)N(C)[C@@H](C)c1cc(C(F)(F)F)cc(C(F)(F)F)c1. The molecule has 39 heavy (non-hydrogen) atoms. The van der Waals surface area contributed by atoms with Crippen molar-refractivity contribution in [1.82, 2.24) is 9.80 Å². The van der Waals surface area contributed by atoms with E-state index in [1.54, 1.807) is 6.92 Å². The van der Waals surface area contributed by atoms with Gasteiger partial charge in [-0.05, 0) is 80.6 Å². The van der Waals surface area contributed by atoms with Gasteiger partial charge < -0.3 is 14.9 Å². The second-order valence-corrected chi connectivity index (χ2v) is 9.92. The topological polar surface area (TPSA) is 60.9 Å². The van der Waals surface area contributed by atoms with Gasteiger partial charge in [-0.25, -0.2) is 9.18 Å². The zero-order chi connectivity index (χ0) is 29.4. The molecule has 5 nitrogen and oxygen atoms in total. The summed E-state index contributed by atoms with van der Waals surface area (Å²) in [5, 5.41) is 9.79. The number of piperidine rings is 1. The van der Waals surface area contributed by atoms with Gasteiger partial charge in [-0.15, -0.1) is 0 Å². The maximum Gasteiger partial charge on any atom is 0.416 e. The molecular formula is C27H29F7N2O3. The second kappa shape index (κ2) is 11.1. The predicted octanol–water partition coefficient (Wildman–Crippen LogP) is 6.69. The van der Waals surface area contributed by atoms with E-state index in [9.17, 15) is 45.4 Å². The zero-order valence-electron chi connectivity index (χ0n) is 21.7. The Morgan fingerprint density at radius 3 is 2.05 bits per heavy atom. The van der Waals surface area contributed by atoms with Gasteiger partial charge >= 0.3 is 18.4 Å². The molecule has 12 heteroatoms. The maximum atomic E-state index is 13.8. The van der Waals surface area contributed by atoms with Crippen molar-refractivity contribution in [3.8, 4) is 0 Å². The molecule has 214 valence electrons. The summed E-state index contributed by atoms with van der Waals surface area (Å²) < 4.78 is 94.1. The molecule has 0 aliphatic carbocycles. The van der Waals surface area contributed by atoms with Crippen molar-refractivity contribution in [2.75, 3.05) is 13.6 Å². The number of aliphatic hydroxyl groups excluding tert-OH is 1. The number of likely N-dealkylation sites (tertiary alicyclic amines) is 1. The van der Waals surface area contributed by atoms with Crippen molar-refractivity contribution in [2.24, 2.45) is 5.92 Å². The van der Waals surface area contributed by atoms with E-state index in [1.807, 2.05) is 0 Å². The molecule has 1 N–H and O–H groups in total. The van der Waals surface area contributed by atoms with Crippen LogP contribution >= 0.6 is 0 Å². The van der Waals surface area contributed by atoms with Gasteiger partial charge in [0.25, 0.3) is 0 Å². The van der Waals surface area contributed by atoms with Crippen LogP contribution in [0.2, 0.25) is 0 Å². The quantitative estimate of drug-likeness (QED) is 0.414. The monoisotopic (exact) mass is 562 g/mol. The van der Waals surface area contributed by atoms with E-state index in [2.05, 4.69) is 0 Å². The molecule has 1 heterocycles.